The topological polar surface area (TPSA) is 76.1 Å². The van der Waals surface area contributed by atoms with Crippen molar-refractivity contribution in [2.45, 2.75) is 9.46 Å². The summed E-state index contributed by atoms with van der Waals surface area (Å²) in [6.45, 7) is -0.152. The summed E-state index contributed by atoms with van der Waals surface area (Å²) in [7, 11) is -3.74. The maximum Gasteiger partial charge on any atom is 0.269 e. The third kappa shape index (κ3) is 3.97. The Labute approximate surface area is 154 Å². The van der Waals surface area contributed by atoms with Crippen molar-refractivity contribution in [3.63, 3.8) is 0 Å². The number of carbonyl (C=O) groups is 1. The highest BCUT2D eigenvalue weighted by Gasteiger charge is 2.30. The third-order valence-corrected chi connectivity index (χ3v) is 7.27. The maximum absolute atomic E-state index is 13.2. The Morgan fingerprint density at radius 1 is 1.12 bits per heavy atom. The number of nitrogens with zero attached hydrogens (tertiary/aromatic N) is 1. The zero-order valence-electron chi connectivity index (χ0n) is 13.5. The Morgan fingerprint density at radius 2 is 1.88 bits per heavy atom. The van der Waals surface area contributed by atoms with Gasteiger partial charge >= 0.3 is 0 Å². The molecule has 2 heterocycles. The van der Waals surface area contributed by atoms with Gasteiger partial charge in [-0.15, -0.1) is 11.3 Å². The van der Waals surface area contributed by atoms with Crippen LogP contribution in [-0.2, 0) is 9.84 Å². The van der Waals surface area contributed by atoms with Crippen molar-refractivity contribution >= 4 is 27.1 Å². The lowest BCUT2D eigenvalue weighted by atomic mass is 10.1. The largest absolute Gasteiger partial charge is 0.349 e. The summed E-state index contributed by atoms with van der Waals surface area (Å²) in [5.74, 6) is -0.933. The fourth-order valence-corrected chi connectivity index (χ4v) is 5.29. The van der Waals surface area contributed by atoms with Gasteiger partial charge in [0, 0.05) is 12.7 Å². The SMILES string of the molecule is O=C(NC[C@@H](c1ccc(F)cc1)S(=O)(=O)c1cccs1)c1ccccn1. The molecule has 0 aliphatic heterocycles. The summed E-state index contributed by atoms with van der Waals surface area (Å²) in [6, 6.07) is 13.3. The van der Waals surface area contributed by atoms with Crippen LogP contribution in [0.5, 0.6) is 0 Å². The molecule has 0 saturated carbocycles. The van der Waals surface area contributed by atoms with E-state index in [-0.39, 0.29) is 16.4 Å². The van der Waals surface area contributed by atoms with Crippen molar-refractivity contribution in [2.24, 2.45) is 0 Å². The molecule has 3 rings (SSSR count). The van der Waals surface area contributed by atoms with Crippen molar-refractivity contribution in [1.29, 1.82) is 0 Å². The molecule has 3 aromatic rings. The Morgan fingerprint density at radius 3 is 2.50 bits per heavy atom. The highest BCUT2D eigenvalue weighted by atomic mass is 32.2. The second-order valence-electron chi connectivity index (χ2n) is 5.44. The van der Waals surface area contributed by atoms with Gasteiger partial charge in [0.25, 0.3) is 5.91 Å². The zero-order chi connectivity index (χ0) is 18.6. The third-order valence-electron chi connectivity index (χ3n) is 3.74. The predicted molar refractivity (Wildman–Crippen MR) is 97.2 cm³/mol. The van der Waals surface area contributed by atoms with Crippen LogP contribution in [0.1, 0.15) is 21.3 Å². The van der Waals surface area contributed by atoms with E-state index in [0.29, 0.717) is 5.56 Å². The van der Waals surface area contributed by atoms with Crippen LogP contribution in [0.25, 0.3) is 0 Å². The van der Waals surface area contributed by atoms with Crippen LogP contribution in [-0.4, -0.2) is 25.9 Å². The second kappa shape index (κ2) is 7.76. The molecule has 2 aromatic heterocycles. The molecule has 0 unspecified atom stereocenters. The lowest BCUT2D eigenvalue weighted by molar-refractivity contribution is 0.0948. The van der Waals surface area contributed by atoms with Gasteiger partial charge in [-0.1, -0.05) is 24.3 Å². The Kier molecular flexibility index (Phi) is 5.43. The normalized spacial score (nSPS) is 12.5. The van der Waals surface area contributed by atoms with E-state index in [0.717, 1.165) is 11.3 Å². The first-order valence-electron chi connectivity index (χ1n) is 7.70. The number of sulfone groups is 1. The molecule has 1 N–H and O–H groups in total. The number of hydrogen-bond donors (Lipinski definition) is 1. The van der Waals surface area contributed by atoms with Crippen molar-refractivity contribution in [3.8, 4) is 0 Å². The van der Waals surface area contributed by atoms with Crippen LogP contribution < -0.4 is 5.32 Å². The molecule has 1 amide bonds. The summed E-state index contributed by atoms with van der Waals surface area (Å²) in [5, 5.41) is 3.25. The first kappa shape index (κ1) is 18.2. The molecular formula is C18H15FN2O3S2. The smallest absolute Gasteiger partial charge is 0.269 e. The number of pyridine rings is 1. The van der Waals surface area contributed by atoms with E-state index >= 15 is 0 Å². The molecule has 0 fully saturated rings. The van der Waals surface area contributed by atoms with Gasteiger partial charge in [-0.3, -0.25) is 9.78 Å². The predicted octanol–water partition coefficient (Wildman–Crippen LogP) is 3.23. The van der Waals surface area contributed by atoms with E-state index in [1.807, 2.05) is 0 Å². The number of rotatable bonds is 6. The summed E-state index contributed by atoms with van der Waals surface area (Å²) < 4.78 is 39.4. The molecule has 0 spiro atoms. The number of aromatic nitrogens is 1. The summed E-state index contributed by atoms with van der Waals surface area (Å²) in [5.41, 5.74) is 0.597. The second-order valence-corrected chi connectivity index (χ2v) is 8.75. The average Bonchev–Trinajstić information content (AvgIpc) is 3.19. The zero-order valence-corrected chi connectivity index (χ0v) is 15.1. The average molecular weight is 390 g/mol. The lowest BCUT2D eigenvalue weighted by Gasteiger charge is -2.18. The van der Waals surface area contributed by atoms with Crippen LogP contribution in [0.2, 0.25) is 0 Å². The highest BCUT2D eigenvalue weighted by molar-refractivity contribution is 7.93. The minimum Gasteiger partial charge on any atom is -0.349 e. The monoisotopic (exact) mass is 390 g/mol. The fraction of sp³-hybridized carbons (Fsp3) is 0.111. The molecule has 0 radical (unpaired) electrons. The minimum atomic E-state index is -3.74. The molecule has 0 aliphatic rings. The van der Waals surface area contributed by atoms with Gasteiger partial charge in [0.05, 0.1) is 0 Å². The number of hydrogen-bond acceptors (Lipinski definition) is 5. The van der Waals surface area contributed by atoms with Crippen molar-refractivity contribution in [2.75, 3.05) is 6.54 Å². The van der Waals surface area contributed by atoms with Gasteiger partial charge in [-0.25, -0.2) is 12.8 Å². The Bertz CT molecular complexity index is 973. The molecule has 1 atom stereocenters. The minimum absolute atomic E-state index is 0.152. The van der Waals surface area contributed by atoms with E-state index in [1.54, 1.807) is 23.6 Å². The fourth-order valence-electron chi connectivity index (χ4n) is 2.42. The van der Waals surface area contributed by atoms with Gasteiger partial charge in [0.15, 0.2) is 9.84 Å². The Hall–Kier alpha value is -2.58. The summed E-state index contributed by atoms with van der Waals surface area (Å²) in [6.07, 6.45) is 1.48. The molecule has 0 aliphatic carbocycles. The van der Waals surface area contributed by atoms with Gasteiger partial charge in [0.1, 0.15) is 21.0 Å². The molecule has 134 valence electrons. The number of thiophene rings is 1. The van der Waals surface area contributed by atoms with E-state index < -0.39 is 26.8 Å². The molecule has 0 saturated heterocycles. The van der Waals surface area contributed by atoms with Crippen LogP contribution in [0.15, 0.2) is 70.4 Å². The quantitative estimate of drug-likeness (QED) is 0.701. The first-order chi connectivity index (χ1) is 12.5. The summed E-state index contributed by atoms with van der Waals surface area (Å²) in [4.78, 5) is 16.2. The number of nitrogens with one attached hydrogen (secondary N) is 1. The number of carbonyl (C=O) groups excluding carboxylic acids is 1. The molecular weight excluding hydrogens is 375 g/mol. The van der Waals surface area contributed by atoms with E-state index in [1.165, 1.54) is 42.6 Å². The van der Waals surface area contributed by atoms with E-state index in [2.05, 4.69) is 10.3 Å². The van der Waals surface area contributed by atoms with Crippen LogP contribution in [0.4, 0.5) is 4.39 Å². The highest BCUT2D eigenvalue weighted by Crippen LogP contribution is 2.31. The van der Waals surface area contributed by atoms with Crippen molar-refractivity contribution in [3.05, 3.63) is 83.2 Å². The van der Waals surface area contributed by atoms with E-state index in [4.69, 9.17) is 0 Å². The molecule has 0 bridgehead atoms. The van der Waals surface area contributed by atoms with Crippen molar-refractivity contribution < 1.29 is 17.6 Å². The van der Waals surface area contributed by atoms with E-state index in [9.17, 15) is 17.6 Å². The maximum atomic E-state index is 13.2. The van der Waals surface area contributed by atoms with Gasteiger partial charge in [-0.2, -0.15) is 0 Å². The Balaban J connectivity index is 1.89. The standard InChI is InChI=1S/C18H15FN2O3S2/c19-14-8-6-13(7-9-14)16(26(23,24)17-5-3-11-25-17)12-21-18(22)15-4-1-2-10-20-15/h1-11,16H,12H2,(H,21,22)/t16-/m0/s1. The molecule has 1 aromatic carbocycles. The van der Waals surface area contributed by atoms with Gasteiger partial charge in [-0.05, 0) is 41.3 Å². The summed E-state index contributed by atoms with van der Waals surface area (Å²) >= 11 is 1.10. The first-order valence-corrected chi connectivity index (χ1v) is 10.1. The van der Waals surface area contributed by atoms with Crippen molar-refractivity contribution in [1.82, 2.24) is 10.3 Å². The molecule has 26 heavy (non-hydrogen) atoms. The number of halogens is 1. The van der Waals surface area contributed by atoms with Crippen LogP contribution in [0, 0.1) is 5.82 Å². The van der Waals surface area contributed by atoms with Crippen LogP contribution in [0.3, 0.4) is 0 Å². The lowest BCUT2D eigenvalue weighted by Crippen LogP contribution is -2.32. The van der Waals surface area contributed by atoms with Gasteiger partial charge in [0.2, 0.25) is 0 Å². The molecule has 5 nitrogen and oxygen atoms in total. The molecule has 8 heteroatoms. The number of benzene rings is 1. The van der Waals surface area contributed by atoms with Gasteiger partial charge < -0.3 is 5.32 Å². The number of amides is 1. The van der Waals surface area contributed by atoms with Crippen LogP contribution >= 0.6 is 11.3 Å².